The molecular weight excluding hydrogens is 607 g/mol. The van der Waals surface area contributed by atoms with Crippen LogP contribution in [0.15, 0.2) is 84.0 Å². The Labute approximate surface area is 234 Å². The first-order valence-electron chi connectivity index (χ1n) is 10.3. The number of nitrogens with zero attached hydrogens (tertiary/aromatic N) is 5. The number of para-hydroxylation sites is 1. The summed E-state index contributed by atoms with van der Waals surface area (Å²) in [5.74, 6) is 0.184. The van der Waals surface area contributed by atoms with Crippen molar-refractivity contribution in [3.63, 3.8) is 0 Å². The number of hydrogen-bond donors (Lipinski definition) is 1. The molecule has 2 aromatic carbocycles. The van der Waals surface area contributed by atoms with Crippen LogP contribution in [0.2, 0.25) is 0 Å². The number of halogens is 2. The second-order valence-corrected chi connectivity index (χ2v) is 12.4. The molecule has 0 unspecified atom stereocenters. The van der Waals surface area contributed by atoms with Crippen molar-refractivity contribution in [3.8, 4) is 0 Å². The SMILES string of the molecule is CC1=NN(c2ccccc2)C(=N)/C1=C(/[S-])SN=Nc1ccc(S(=O)(=O)N2CCOCC2)cc1.[Cl][Fe+][Cl]. The summed E-state index contributed by atoms with van der Waals surface area (Å²) in [4.78, 5) is 0.203. The van der Waals surface area contributed by atoms with Gasteiger partial charge in [0, 0.05) is 30.6 Å². The summed E-state index contributed by atoms with van der Waals surface area (Å²) < 4.78 is 36.5. The van der Waals surface area contributed by atoms with Gasteiger partial charge in [-0.05, 0) is 43.3 Å². The first-order valence-corrected chi connectivity index (χ1v) is 16.0. The van der Waals surface area contributed by atoms with Gasteiger partial charge in [0.15, 0.2) is 5.84 Å². The average molecular weight is 628 g/mol. The minimum atomic E-state index is -3.55. The third-order valence-electron chi connectivity index (χ3n) is 4.99. The van der Waals surface area contributed by atoms with E-state index in [-0.39, 0.29) is 23.9 Å². The molecule has 0 aromatic heterocycles. The van der Waals surface area contributed by atoms with E-state index in [0.717, 1.165) is 17.6 Å². The predicted octanol–water partition coefficient (Wildman–Crippen LogP) is 5.45. The number of morpholine rings is 1. The Bertz CT molecular complexity index is 1260. The number of anilines is 1. The van der Waals surface area contributed by atoms with E-state index in [9.17, 15) is 8.42 Å². The number of hydrogen-bond acceptors (Lipinski definition) is 9. The van der Waals surface area contributed by atoms with Crippen LogP contribution in [-0.4, -0.2) is 50.6 Å². The topological polar surface area (TPSA) is 111 Å². The van der Waals surface area contributed by atoms with E-state index in [2.05, 4.69) is 14.7 Å². The van der Waals surface area contributed by atoms with Crippen molar-refractivity contribution < 1.29 is 26.3 Å². The Morgan fingerprint density at radius 3 is 2.36 bits per heavy atom. The van der Waals surface area contributed by atoms with Gasteiger partial charge in [-0.2, -0.15) is 9.41 Å². The third-order valence-corrected chi connectivity index (χ3v) is 7.86. The molecule has 1 saturated heterocycles. The molecule has 0 aliphatic carbocycles. The molecule has 36 heavy (non-hydrogen) atoms. The van der Waals surface area contributed by atoms with Crippen molar-refractivity contribution in [2.24, 2.45) is 14.7 Å². The standard InChI is InChI=1S/C21H22N6O3S3.2ClH.Fe/c1-15-19(20(22)27(24-15)17-5-3-2-4-6-17)21(31)32-25-23-16-7-9-18(10-8-16)33(28,29)26-11-13-30-14-12-26;;;/h2-10,22,31H,11-14H2,1H3;2*1H;/q;;;+3/p-3/b21-19-,22-20?,25-23?;;;. The van der Waals surface area contributed by atoms with Gasteiger partial charge in [0.05, 0.1) is 35.2 Å². The number of benzene rings is 2. The molecule has 4 rings (SSSR count). The van der Waals surface area contributed by atoms with Crippen molar-refractivity contribution in [2.75, 3.05) is 31.3 Å². The summed E-state index contributed by atoms with van der Waals surface area (Å²) in [5.41, 5.74) is 2.44. The Hall–Kier alpha value is -1.54. The van der Waals surface area contributed by atoms with Crippen LogP contribution >= 0.6 is 32.1 Å². The molecule has 15 heteroatoms. The summed E-state index contributed by atoms with van der Waals surface area (Å²) in [5, 5.41) is 18.5. The van der Waals surface area contributed by atoms with Crippen LogP contribution in [0.5, 0.6) is 0 Å². The van der Waals surface area contributed by atoms with E-state index in [4.69, 9.17) is 43.0 Å². The fourth-order valence-corrected chi connectivity index (χ4v) is 5.60. The molecule has 0 atom stereocenters. The molecule has 9 nitrogen and oxygen atoms in total. The molecule has 2 heterocycles. The van der Waals surface area contributed by atoms with Gasteiger partial charge in [0.1, 0.15) is 0 Å². The summed E-state index contributed by atoms with van der Waals surface area (Å²) in [6.07, 6.45) is 0. The number of hydrazone groups is 1. The quantitative estimate of drug-likeness (QED) is 0.197. The van der Waals surface area contributed by atoms with E-state index in [1.54, 1.807) is 19.1 Å². The van der Waals surface area contributed by atoms with Crippen molar-refractivity contribution >= 4 is 77.7 Å². The minimum absolute atomic E-state index is 0.184. The van der Waals surface area contributed by atoms with Crippen LogP contribution < -0.4 is 5.01 Å². The van der Waals surface area contributed by atoms with Crippen molar-refractivity contribution in [3.05, 3.63) is 64.4 Å². The second kappa shape index (κ2) is 13.8. The zero-order chi connectivity index (χ0) is 26.1. The van der Waals surface area contributed by atoms with Crippen LogP contribution in [0.25, 0.3) is 0 Å². The van der Waals surface area contributed by atoms with Crippen LogP contribution in [0.3, 0.4) is 0 Å². The third kappa shape index (κ3) is 7.27. The van der Waals surface area contributed by atoms with Gasteiger partial charge >= 0.3 is 33.3 Å². The summed E-state index contributed by atoms with van der Waals surface area (Å²) in [7, 11) is 5.97. The fourth-order valence-electron chi connectivity index (χ4n) is 3.30. The fraction of sp³-hybridized carbons (Fsp3) is 0.238. The van der Waals surface area contributed by atoms with Gasteiger partial charge in [0.25, 0.3) is 0 Å². The predicted molar refractivity (Wildman–Crippen MR) is 144 cm³/mol. The normalized spacial score (nSPS) is 18.1. The summed E-state index contributed by atoms with van der Waals surface area (Å²) in [6, 6.07) is 15.6. The monoisotopic (exact) mass is 627 g/mol. The molecule has 2 aliphatic heterocycles. The molecule has 0 bridgehead atoms. The average Bonchev–Trinajstić information content (AvgIpc) is 3.19. The number of nitrogens with one attached hydrogen (secondary N) is 1. The molecule has 0 saturated carbocycles. The Balaban J connectivity index is 0.00000115. The summed E-state index contributed by atoms with van der Waals surface area (Å²) in [6.45, 7) is 3.27. The van der Waals surface area contributed by atoms with E-state index < -0.39 is 10.0 Å². The first-order chi connectivity index (χ1) is 17.3. The van der Waals surface area contributed by atoms with Crippen molar-refractivity contribution in [1.82, 2.24) is 4.31 Å². The molecular formula is C21H21Cl2FeN6O3S3. The Morgan fingerprint density at radius 1 is 1.14 bits per heavy atom. The molecule has 0 radical (unpaired) electrons. The second-order valence-electron chi connectivity index (χ2n) is 7.18. The molecule has 193 valence electrons. The zero-order valence-corrected chi connectivity index (χ0v) is 23.9. The van der Waals surface area contributed by atoms with Crippen LogP contribution in [0, 0.1) is 5.41 Å². The molecule has 2 aliphatic rings. The van der Waals surface area contributed by atoms with Gasteiger partial charge in [-0.15, -0.1) is 13.9 Å². The van der Waals surface area contributed by atoms with E-state index >= 15 is 0 Å². The zero-order valence-electron chi connectivity index (χ0n) is 18.8. The molecule has 1 N–H and O–H groups in total. The van der Waals surface area contributed by atoms with Gasteiger partial charge in [0.2, 0.25) is 10.0 Å². The van der Waals surface area contributed by atoms with E-state index in [0.29, 0.717) is 47.5 Å². The van der Waals surface area contributed by atoms with Crippen molar-refractivity contribution in [2.45, 2.75) is 11.8 Å². The molecule has 0 spiro atoms. The summed E-state index contributed by atoms with van der Waals surface area (Å²) >= 11 is 6.62. The van der Waals surface area contributed by atoms with E-state index in [1.807, 2.05) is 30.3 Å². The number of amidine groups is 1. The number of rotatable bonds is 6. The van der Waals surface area contributed by atoms with Gasteiger partial charge in [-0.3, -0.25) is 5.41 Å². The van der Waals surface area contributed by atoms with Crippen LogP contribution in [0.1, 0.15) is 6.92 Å². The van der Waals surface area contributed by atoms with Crippen LogP contribution in [-0.2, 0) is 40.5 Å². The number of ether oxygens (including phenoxy) is 1. The molecule has 1 fully saturated rings. The van der Waals surface area contributed by atoms with Gasteiger partial charge in [-0.25, -0.2) is 13.4 Å². The maximum absolute atomic E-state index is 12.7. The van der Waals surface area contributed by atoms with Crippen molar-refractivity contribution in [1.29, 1.82) is 5.41 Å². The Kier molecular flexibility index (Phi) is 11.2. The number of sulfonamides is 1. The molecule has 2 aromatic rings. The van der Waals surface area contributed by atoms with Gasteiger partial charge in [-0.1, -0.05) is 18.2 Å². The van der Waals surface area contributed by atoms with E-state index in [1.165, 1.54) is 21.4 Å². The van der Waals surface area contributed by atoms with Crippen LogP contribution in [0.4, 0.5) is 11.4 Å². The maximum atomic E-state index is 12.7. The molecule has 0 amide bonds. The first kappa shape index (κ1) is 29.0. The Morgan fingerprint density at radius 2 is 1.75 bits per heavy atom. The van der Waals surface area contributed by atoms with Gasteiger partial charge < -0.3 is 17.4 Å².